The second-order valence-electron chi connectivity index (χ2n) is 6.33. The van der Waals surface area contributed by atoms with Gasteiger partial charge in [-0.05, 0) is 19.0 Å². The number of fused-ring (bicyclic) bond motifs is 1. The molecule has 0 spiro atoms. The molecule has 0 atom stereocenters. The van der Waals surface area contributed by atoms with Gasteiger partial charge in [-0.3, -0.25) is 4.98 Å². The lowest BCUT2D eigenvalue weighted by atomic mass is 10.1. The van der Waals surface area contributed by atoms with Crippen LogP contribution >= 0.6 is 0 Å². The quantitative estimate of drug-likeness (QED) is 0.871. The minimum atomic E-state index is 0.581. The van der Waals surface area contributed by atoms with Gasteiger partial charge in [-0.1, -0.05) is 0 Å². The van der Waals surface area contributed by atoms with Crippen molar-refractivity contribution in [1.29, 1.82) is 5.26 Å². The van der Waals surface area contributed by atoms with Crippen molar-refractivity contribution < 1.29 is 9.47 Å². The standard InChI is InChI=1S/C19H25N5O2/c1-25-17-10-15-16(11-18(17)26-2)22-13-14(12-21)19(15)24-6-3-5-23(7-4-20)8-9-24/h10-11,13H,3-9,20H2,1-2H3. The van der Waals surface area contributed by atoms with Gasteiger partial charge in [0.05, 0.1) is 31.0 Å². The summed E-state index contributed by atoms with van der Waals surface area (Å²) in [5.74, 6) is 1.27. The Morgan fingerprint density at radius 2 is 1.92 bits per heavy atom. The zero-order valence-electron chi connectivity index (χ0n) is 15.4. The third kappa shape index (κ3) is 3.52. The molecule has 2 heterocycles. The number of ether oxygens (including phenoxy) is 2. The van der Waals surface area contributed by atoms with Gasteiger partial charge in [0.25, 0.3) is 0 Å². The molecule has 1 aromatic heterocycles. The molecular formula is C19H25N5O2. The highest BCUT2D eigenvalue weighted by Gasteiger charge is 2.21. The van der Waals surface area contributed by atoms with Crippen LogP contribution in [0.15, 0.2) is 18.3 Å². The van der Waals surface area contributed by atoms with Crippen LogP contribution in [0.4, 0.5) is 5.69 Å². The van der Waals surface area contributed by atoms with Gasteiger partial charge in [-0.15, -0.1) is 0 Å². The van der Waals surface area contributed by atoms with Crippen molar-refractivity contribution in [3.05, 3.63) is 23.9 Å². The second-order valence-corrected chi connectivity index (χ2v) is 6.33. The third-order valence-corrected chi connectivity index (χ3v) is 4.82. The maximum absolute atomic E-state index is 9.64. The van der Waals surface area contributed by atoms with Gasteiger partial charge in [0, 0.05) is 50.4 Å². The van der Waals surface area contributed by atoms with Crippen molar-refractivity contribution in [2.45, 2.75) is 6.42 Å². The highest BCUT2D eigenvalue weighted by atomic mass is 16.5. The SMILES string of the molecule is COc1cc2ncc(C#N)c(N3CCCN(CCN)CC3)c2cc1OC. The maximum Gasteiger partial charge on any atom is 0.162 e. The smallest absolute Gasteiger partial charge is 0.162 e. The van der Waals surface area contributed by atoms with E-state index in [0.29, 0.717) is 23.6 Å². The van der Waals surface area contributed by atoms with Crippen LogP contribution in [0.3, 0.4) is 0 Å². The van der Waals surface area contributed by atoms with E-state index in [1.54, 1.807) is 20.4 Å². The summed E-state index contributed by atoms with van der Waals surface area (Å²) in [7, 11) is 3.22. The molecular weight excluding hydrogens is 330 g/mol. The normalized spacial score (nSPS) is 15.5. The molecule has 7 heteroatoms. The van der Waals surface area contributed by atoms with Crippen LogP contribution in [-0.4, -0.2) is 63.4 Å². The first-order valence-corrected chi connectivity index (χ1v) is 8.84. The molecule has 138 valence electrons. The first kappa shape index (κ1) is 18.2. The molecule has 0 radical (unpaired) electrons. The number of nitriles is 1. The average Bonchev–Trinajstić information content (AvgIpc) is 2.91. The van der Waals surface area contributed by atoms with Crippen LogP contribution in [0.2, 0.25) is 0 Å². The van der Waals surface area contributed by atoms with E-state index in [2.05, 4.69) is 20.9 Å². The Labute approximate surface area is 153 Å². The first-order chi connectivity index (χ1) is 12.7. The number of nitrogens with two attached hydrogens (primary N) is 1. The highest BCUT2D eigenvalue weighted by molar-refractivity contribution is 5.96. The Balaban J connectivity index is 2.07. The summed E-state index contributed by atoms with van der Waals surface area (Å²) in [6, 6.07) is 6.07. The lowest BCUT2D eigenvalue weighted by molar-refractivity contribution is 0.302. The highest BCUT2D eigenvalue weighted by Crippen LogP contribution is 2.37. The number of benzene rings is 1. The molecule has 0 saturated carbocycles. The molecule has 1 fully saturated rings. The van der Waals surface area contributed by atoms with E-state index >= 15 is 0 Å². The van der Waals surface area contributed by atoms with Gasteiger partial charge in [-0.2, -0.15) is 5.26 Å². The lowest BCUT2D eigenvalue weighted by Gasteiger charge is -2.26. The summed E-state index contributed by atoms with van der Waals surface area (Å²) in [5, 5.41) is 10.6. The zero-order chi connectivity index (χ0) is 18.5. The van der Waals surface area contributed by atoms with Crippen LogP contribution in [0.25, 0.3) is 10.9 Å². The van der Waals surface area contributed by atoms with Crippen LogP contribution in [-0.2, 0) is 0 Å². The molecule has 0 unspecified atom stereocenters. The fraction of sp³-hybridized carbons (Fsp3) is 0.474. The summed E-state index contributed by atoms with van der Waals surface area (Å²) < 4.78 is 10.8. The molecule has 1 saturated heterocycles. The predicted octanol–water partition coefficient (Wildman–Crippen LogP) is 1.59. The van der Waals surface area contributed by atoms with E-state index in [0.717, 1.165) is 55.7 Å². The maximum atomic E-state index is 9.64. The summed E-state index contributed by atoms with van der Waals surface area (Å²) in [4.78, 5) is 9.10. The van der Waals surface area contributed by atoms with E-state index in [4.69, 9.17) is 15.2 Å². The molecule has 1 aromatic carbocycles. The summed E-state index contributed by atoms with van der Waals surface area (Å²) >= 11 is 0. The zero-order valence-corrected chi connectivity index (χ0v) is 15.4. The number of anilines is 1. The third-order valence-electron chi connectivity index (χ3n) is 4.82. The first-order valence-electron chi connectivity index (χ1n) is 8.84. The topological polar surface area (TPSA) is 87.6 Å². The van der Waals surface area contributed by atoms with Crippen molar-refractivity contribution in [2.75, 3.05) is 58.4 Å². The van der Waals surface area contributed by atoms with E-state index in [-0.39, 0.29) is 0 Å². The van der Waals surface area contributed by atoms with E-state index < -0.39 is 0 Å². The molecule has 2 N–H and O–H groups in total. The largest absolute Gasteiger partial charge is 0.493 e. The van der Waals surface area contributed by atoms with Gasteiger partial charge >= 0.3 is 0 Å². The van der Waals surface area contributed by atoms with Gasteiger partial charge in [-0.25, -0.2) is 0 Å². The monoisotopic (exact) mass is 355 g/mol. The Morgan fingerprint density at radius 3 is 2.62 bits per heavy atom. The Morgan fingerprint density at radius 1 is 1.15 bits per heavy atom. The second kappa shape index (κ2) is 8.21. The number of nitrogens with zero attached hydrogens (tertiary/aromatic N) is 4. The summed E-state index contributed by atoms with van der Waals surface area (Å²) in [6.07, 6.45) is 2.67. The Bertz CT molecular complexity index is 818. The van der Waals surface area contributed by atoms with Crippen LogP contribution in [0.5, 0.6) is 11.5 Å². The van der Waals surface area contributed by atoms with E-state index in [1.807, 2.05) is 12.1 Å². The van der Waals surface area contributed by atoms with Gasteiger partial charge < -0.3 is 25.0 Å². The summed E-state index contributed by atoms with van der Waals surface area (Å²) in [5.41, 5.74) is 8.00. The van der Waals surface area contributed by atoms with Crippen molar-refractivity contribution in [3.63, 3.8) is 0 Å². The summed E-state index contributed by atoms with van der Waals surface area (Å²) in [6.45, 7) is 5.26. The van der Waals surface area contributed by atoms with Crippen LogP contribution < -0.4 is 20.1 Å². The fourth-order valence-corrected chi connectivity index (χ4v) is 3.53. The number of hydrogen-bond donors (Lipinski definition) is 1. The van der Waals surface area contributed by atoms with Gasteiger partial charge in [0.1, 0.15) is 6.07 Å². The molecule has 0 amide bonds. The Kier molecular flexibility index (Phi) is 5.76. The number of hydrogen-bond acceptors (Lipinski definition) is 7. The molecule has 0 bridgehead atoms. The molecule has 3 rings (SSSR count). The van der Waals surface area contributed by atoms with Crippen LogP contribution in [0, 0.1) is 11.3 Å². The van der Waals surface area contributed by atoms with Crippen LogP contribution in [0.1, 0.15) is 12.0 Å². The van der Waals surface area contributed by atoms with E-state index in [9.17, 15) is 5.26 Å². The number of pyridine rings is 1. The fourth-order valence-electron chi connectivity index (χ4n) is 3.53. The minimum Gasteiger partial charge on any atom is -0.493 e. The molecule has 1 aliphatic rings. The minimum absolute atomic E-state index is 0.581. The molecule has 0 aliphatic carbocycles. The number of rotatable bonds is 5. The van der Waals surface area contributed by atoms with E-state index in [1.165, 1.54) is 0 Å². The Hall–Kier alpha value is -2.56. The number of methoxy groups -OCH3 is 2. The lowest BCUT2D eigenvalue weighted by Crippen LogP contribution is -2.34. The molecule has 1 aliphatic heterocycles. The predicted molar refractivity (Wildman–Crippen MR) is 102 cm³/mol. The van der Waals surface area contributed by atoms with Crippen molar-refractivity contribution in [1.82, 2.24) is 9.88 Å². The molecule has 7 nitrogen and oxygen atoms in total. The van der Waals surface area contributed by atoms with Crippen molar-refractivity contribution in [3.8, 4) is 17.6 Å². The number of aromatic nitrogens is 1. The molecule has 26 heavy (non-hydrogen) atoms. The van der Waals surface area contributed by atoms with Gasteiger partial charge in [0.15, 0.2) is 11.5 Å². The van der Waals surface area contributed by atoms with Crippen molar-refractivity contribution in [2.24, 2.45) is 5.73 Å². The average molecular weight is 355 g/mol. The van der Waals surface area contributed by atoms with Gasteiger partial charge in [0.2, 0.25) is 0 Å². The van der Waals surface area contributed by atoms with Crippen molar-refractivity contribution >= 4 is 16.6 Å². The molecule has 2 aromatic rings.